The summed E-state index contributed by atoms with van der Waals surface area (Å²) in [4.78, 5) is 24.6. The van der Waals surface area contributed by atoms with Gasteiger partial charge in [-0.1, -0.05) is 48.0 Å². The zero-order valence-electron chi connectivity index (χ0n) is 13.1. The number of nitrogens with one attached hydrogen (secondary N) is 1. The van der Waals surface area contributed by atoms with Gasteiger partial charge in [-0.25, -0.2) is 4.68 Å². The van der Waals surface area contributed by atoms with Gasteiger partial charge in [0.1, 0.15) is 6.54 Å². The van der Waals surface area contributed by atoms with E-state index in [-0.39, 0.29) is 24.1 Å². The molecule has 3 rings (SSSR count). The highest BCUT2D eigenvalue weighted by molar-refractivity contribution is 6.31. The van der Waals surface area contributed by atoms with E-state index < -0.39 is 0 Å². The number of hydrogen-bond acceptors (Lipinski definition) is 3. The van der Waals surface area contributed by atoms with Crippen molar-refractivity contribution in [3.63, 3.8) is 0 Å². The SMILES string of the molecule is CC(NC(=O)Cn1ncc2ccccc2c1=O)c1ccccc1Cl. The number of amides is 1. The predicted molar refractivity (Wildman–Crippen MR) is 94.0 cm³/mol. The van der Waals surface area contributed by atoms with Crippen LogP contribution in [0.1, 0.15) is 18.5 Å². The Morgan fingerprint density at radius 1 is 1.21 bits per heavy atom. The molecule has 3 aromatic rings. The zero-order chi connectivity index (χ0) is 17.1. The maximum atomic E-state index is 12.4. The van der Waals surface area contributed by atoms with Crippen molar-refractivity contribution in [1.82, 2.24) is 15.1 Å². The molecule has 0 bridgehead atoms. The van der Waals surface area contributed by atoms with Crippen LogP contribution in [0, 0.1) is 0 Å². The number of aromatic nitrogens is 2. The first-order chi connectivity index (χ1) is 11.6. The Bertz CT molecular complexity index is 952. The van der Waals surface area contributed by atoms with Crippen molar-refractivity contribution in [3.05, 3.63) is 75.7 Å². The lowest BCUT2D eigenvalue weighted by atomic mass is 10.1. The third kappa shape index (κ3) is 3.31. The van der Waals surface area contributed by atoms with Crippen LogP contribution in [0.5, 0.6) is 0 Å². The molecule has 6 heteroatoms. The van der Waals surface area contributed by atoms with Crippen LogP contribution in [-0.2, 0) is 11.3 Å². The Morgan fingerprint density at radius 2 is 1.92 bits per heavy atom. The molecule has 1 unspecified atom stereocenters. The highest BCUT2D eigenvalue weighted by Crippen LogP contribution is 2.21. The Kier molecular flexibility index (Phi) is 4.62. The van der Waals surface area contributed by atoms with E-state index in [1.807, 2.05) is 37.3 Å². The maximum absolute atomic E-state index is 12.4. The number of halogens is 1. The largest absolute Gasteiger partial charge is 0.348 e. The van der Waals surface area contributed by atoms with Crippen LogP contribution in [0.25, 0.3) is 10.8 Å². The van der Waals surface area contributed by atoms with Crippen molar-refractivity contribution in [2.45, 2.75) is 19.5 Å². The van der Waals surface area contributed by atoms with E-state index in [1.165, 1.54) is 0 Å². The molecular formula is C18H16ClN3O2. The first-order valence-corrected chi connectivity index (χ1v) is 7.92. The summed E-state index contributed by atoms with van der Waals surface area (Å²) in [6, 6.07) is 14.2. The summed E-state index contributed by atoms with van der Waals surface area (Å²) in [6.45, 7) is 1.70. The van der Waals surface area contributed by atoms with Gasteiger partial charge in [-0.3, -0.25) is 9.59 Å². The minimum Gasteiger partial charge on any atom is -0.348 e. The second-order valence-electron chi connectivity index (χ2n) is 5.51. The number of rotatable bonds is 4. The van der Waals surface area contributed by atoms with Crippen LogP contribution < -0.4 is 10.9 Å². The molecule has 5 nitrogen and oxygen atoms in total. The van der Waals surface area contributed by atoms with E-state index in [1.54, 1.807) is 24.4 Å². The molecule has 0 radical (unpaired) electrons. The third-order valence-electron chi connectivity index (χ3n) is 3.80. The molecule has 0 saturated carbocycles. The average Bonchev–Trinajstić information content (AvgIpc) is 2.58. The Labute approximate surface area is 143 Å². The molecule has 0 aliphatic rings. The summed E-state index contributed by atoms with van der Waals surface area (Å²) >= 11 is 6.13. The second kappa shape index (κ2) is 6.84. The van der Waals surface area contributed by atoms with Crippen molar-refractivity contribution in [2.75, 3.05) is 0 Å². The van der Waals surface area contributed by atoms with Gasteiger partial charge in [0, 0.05) is 10.4 Å². The number of benzene rings is 2. The van der Waals surface area contributed by atoms with Gasteiger partial charge in [-0.05, 0) is 24.6 Å². The van der Waals surface area contributed by atoms with Crippen molar-refractivity contribution >= 4 is 28.3 Å². The van der Waals surface area contributed by atoms with Gasteiger partial charge in [0.05, 0.1) is 17.6 Å². The number of fused-ring (bicyclic) bond motifs is 1. The molecule has 1 heterocycles. The monoisotopic (exact) mass is 341 g/mol. The number of nitrogens with zero attached hydrogens (tertiary/aromatic N) is 2. The first-order valence-electron chi connectivity index (χ1n) is 7.55. The third-order valence-corrected chi connectivity index (χ3v) is 4.15. The van der Waals surface area contributed by atoms with E-state index in [9.17, 15) is 9.59 Å². The highest BCUT2D eigenvalue weighted by atomic mass is 35.5. The molecule has 1 amide bonds. The zero-order valence-corrected chi connectivity index (χ0v) is 13.8. The Balaban J connectivity index is 1.77. The molecule has 1 aromatic heterocycles. The smallest absolute Gasteiger partial charge is 0.275 e. The topological polar surface area (TPSA) is 64.0 Å². The van der Waals surface area contributed by atoms with E-state index in [2.05, 4.69) is 10.4 Å². The fourth-order valence-corrected chi connectivity index (χ4v) is 2.87. The summed E-state index contributed by atoms with van der Waals surface area (Å²) in [5.41, 5.74) is 0.542. The lowest BCUT2D eigenvalue weighted by molar-refractivity contribution is -0.122. The van der Waals surface area contributed by atoms with Crippen LogP contribution in [-0.4, -0.2) is 15.7 Å². The Hall–Kier alpha value is -2.66. The van der Waals surface area contributed by atoms with Crippen molar-refractivity contribution in [3.8, 4) is 0 Å². The van der Waals surface area contributed by atoms with Gasteiger partial charge in [-0.2, -0.15) is 5.10 Å². The van der Waals surface area contributed by atoms with Crippen LogP contribution in [0.3, 0.4) is 0 Å². The summed E-state index contributed by atoms with van der Waals surface area (Å²) in [6.07, 6.45) is 1.58. The molecule has 24 heavy (non-hydrogen) atoms. The van der Waals surface area contributed by atoms with Gasteiger partial charge >= 0.3 is 0 Å². The van der Waals surface area contributed by atoms with Crippen molar-refractivity contribution < 1.29 is 4.79 Å². The lowest BCUT2D eigenvalue weighted by Crippen LogP contribution is -2.35. The highest BCUT2D eigenvalue weighted by Gasteiger charge is 2.14. The van der Waals surface area contributed by atoms with Crippen LogP contribution in [0.2, 0.25) is 5.02 Å². The number of carbonyl (C=O) groups is 1. The maximum Gasteiger partial charge on any atom is 0.275 e. The lowest BCUT2D eigenvalue weighted by Gasteiger charge is -2.16. The molecular weight excluding hydrogens is 326 g/mol. The standard InChI is InChI=1S/C18H16ClN3O2/c1-12(14-7-4-5-9-16(14)19)21-17(23)11-22-18(24)15-8-3-2-6-13(15)10-20-22/h2-10,12H,11H2,1H3,(H,21,23). The summed E-state index contributed by atoms with van der Waals surface area (Å²) in [5.74, 6) is -0.299. The van der Waals surface area contributed by atoms with Crippen molar-refractivity contribution in [1.29, 1.82) is 0 Å². The predicted octanol–water partition coefficient (Wildman–Crippen LogP) is 2.93. The molecule has 1 N–H and O–H groups in total. The van der Waals surface area contributed by atoms with Crippen LogP contribution in [0.4, 0.5) is 0 Å². The Morgan fingerprint density at radius 3 is 2.71 bits per heavy atom. The quantitative estimate of drug-likeness (QED) is 0.793. The summed E-state index contributed by atoms with van der Waals surface area (Å²) < 4.78 is 1.16. The molecule has 0 aliphatic carbocycles. The molecule has 1 atom stereocenters. The van der Waals surface area contributed by atoms with E-state index >= 15 is 0 Å². The fraction of sp³-hybridized carbons (Fsp3) is 0.167. The molecule has 0 aliphatic heterocycles. The van der Waals surface area contributed by atoms with E-state index in [0.717, 1.165) is 15.6 Å². The molecule has 0 spiro atoms. The normalized spacial score (nSPS) is 12.1. The summed E-state index contributed by atoms with van der Waals surface area (Å²) in [5, 5.41) is 8.78. The number of carbonyl (C=O) groups excluding carboxylic acids is 1. The van der Waals surface area contributed by atoms with E-state index in [0.29, 0.717) is 10.4 Å². The molecule has 0 saturated heterocycles. The van der Waals surface area contributed by atoms with Gasteiger partial charge in [0.15, 0.2) is 0 Å². The molecule has 122 valence electrons. The van der Waals surface area contributed by atoms with Gasteiger partial charge in [0.25, 0.3) is 5.56 Å². The molecule has 2 aromatic carbocycles. The van der Waals surface area contributed by atoms with Crippen LogP contribution in [0.15, 0.2) is 59.5 Å². The number of hydrogen-bond donors (Lipinski definition) is 1. The summed E-state index contributed by atoms with van der Waals surface area (Å²) in [7, 11) is 0. The fourth-order valence-electron chi connectivity index (χ4n) is 2.57. The minimum atomic E-state index is -0.299. The van der Waals surface area contributed by atoms with Crippen LogP contribution >= 0.6 is 11.6 Å². The molecule has 0 fully saturated rings. The van der Waals surface area contributed by atoms with Crippen molar-refractivity contribution in [2.24, 2.45) is 0 Å². The van der Waals surface area contributed by atoms with Gasteiger partial charge < -0.3 is 5.32 Å². The first kappa shape index (κ1) is 16.2. The second-order valence-corrected chi connectivity index (χ2v) is 5.91. The average molecular weight is 342 g/mol. The van der Waals surface area contributed by atoms with Gasteiger partial charge in [0.2, 0.25) is 5.91 Å². The minimum absolute atomic E-state index is 0.140. The van der Waals surface area contributed by atoms with Gasteiger partial charge in [-0.15, -0.1) is 0 Å². The van der Waals surface area contributed by atoms with E-state index in [4.69, 9.17) is 11.6 Å².